The average Bonchev–Trinajstić information content (AvgIpc) is 3.09. The summed E-state index contributed by atoms with van der Waals surface area (Å²) < 4.78 is 5.06. The Morgan fingerprint density at radius 1 is 1.28 bits per heavy atom. The van der Waals surface area contributed by atoms with E-state index in [0.29, 0.717) is 5.70 Å². The lowest BCUT2D eigenvalue weighted by Gasteiger charge is -2.34. The maximum Gasteiger partial charge on any atom is 0.319 e. The van der Waals surface area contributed by atoms with Crippen molar-refractivity contribution >= 4 is 12.0 Å². The molecule has 6 nitrogen and oxygen atoms in total. The standard InChI is InChI=1S/C19H25N3O3/c1-12-6-7-13(2)14(10-12)17-16(18(23)25-3)15(20-19(24)21-17)11-22-8-4-5-9-22/h6-7,10-11,16-17H,4-5,8-9H2,1-3H3,(H2,20,21,24)/p+1/t16-,17+/m0/s1. The van der Waals surface area contributed by atoms with Gasteiger partial charge in [-0.15, -0.1) is 0 Å². The number of esters is 1. The molecule has 2 fully saturated rings. The highest BCUT2D eigenvalue weighted by molar-refractivity contribution is 5.85. The summed E-state index contributed by atoms with van der Waals surface area (Å²) in [5.41, 5.74) is 3.72. The summed E-state index contributed by atoms with van der Waals surface area (Å²) in [6, 6.07) is 5.36. The fourth-order valence-corrected chi connectivity index (χ4v) is 3.71. The number of methoxy groups -OCH3 is 1. The van der Waals surface area contributed by atoms with Crippen LogP contribution in [-0.4, -0.2) is 32.2 Å². The molecule has 2 amide bonds. The fourth-order valence-electron chi connectivity index (χ4n) is 3.71. The number of carbonyl (C=O) groups excluding carboxylic acids is 2. The average molecular weight is 344 g/mol. The van der Waals surface area contributed by atoms with Crippen LogP contribution in [-0.2, 0) is 9.53 Å². The van der Waals surface area contributed by atoms with Crippen molar-refractivity contribution in [3.8, 4) is 0 Å². The summed E-state index contributed by atoms with van der Waals surface area (Å²) in [4.78, 5) is 26.1. The summed E-state index contributed by atoms with van der Waals surface area (Å²) >= 11 is 0. The fraction of sp³-hybridized carbons (Fsp3) is 0.474. The van der Waals surface area contributed by atoms with Crippen LogP contribution in [0.5, 0.6) is 0 Å². The number of rotatable bonds is 3. The minimum absolute atomic E-state index is 0.282. The highest BCUT2D eigenvalue weighted by atomic mass is 16.5. The number of hydrogen-bond acceptors (Lipinski definition) is 3. The first kappa shape index (κ1) is 17.5. The number of quaternary nitrogens is 1. The Labute approximate surface area is 148 Å². The molecule has 1 aromatic rings. The van der Waals surface area contributed by atoms with Gasteiger partial charge in [0.15, 0.2) is 0 Å². The van der Waals surface area contributed by atoms with Crippen molar-refractivity contribution in [1.82, 2.24) is 10.6 Å². The van der Waals surface area contributed by atoms with Gasteiger partial charge < -0.3 is 20.3 Å². The van der Waals surface area contributed by atoms with Crippen LogP contribution in [0.25, 0.3) is 0 Å². The van der Waals surface area contributed by atoms with Crippen LogP contribution < -0.4 is 15.5 Å². The quantitative estimate of drug-likeness (QED) is 0.716. The molecular weight excluding hydrogens is 318 g/mol. The van der Waals surface area contributed by atoms with Gasteiger partial charge in [0.2, 0.25) is 0 Å². The molecule has 0 unspecified atom stereocenters. The van der Waals surface area contributed by atoms with Crippen LogP contribution in [0.3, 0.4) is 0 Å². The van der Waals surface area contributed by atoms with E-state index < -0.39 is 12.0 Å². The minimum atomic E-state index is -0.573. The molecule has 2 aliphatic heterocycles. The molecule has 0 radical (unpaired) electrons. The molecule has 6 heteroatoms. The normalized spacial score (nSPS) is 25.6. The van der Waals surface area contributed by atoms with Crippen LogP contribution in [0, 0.1) is 19.8 Å². The number of aryl methyl sites for hydroxylation is 2. The number of ether oxygens (including phenoxy) is 1. The van der Waals surface area contributed by atoms with E-state index >= 15 is 0 Å². The lowest BCUT2D eigenvalue weighted by molar-refractivity contribution is -0.833. The van der Waals surface area contributed by atoms with Crippen LogP contribution in [0.2, 0.25) is 0 Å². The van der Waals surface area contributed by atoms with Gasteiger partial charge in [-0.25, -0.2) is 4.79 Å². The molecule has 2 saturated heterocycles. The smallest absolute Gasteiger partial charge is 0.319 e. The number of carbonyl (C=O) groups is 2. The van der Waals surface area contributed by atoms with Gasteiger partial charge in [-0.3, -0.25) is 4.79 Å². The van der Waals surface area contributed by atoms with Gasteiger partial charge >= 0.3 is 12.0 Å². The predicted octanol–water partition coefficient (Wildman–Crippen LogP) is 0.967. The Hall–Kier alpha value is -2.34. The first-order valence-electron chi connectivity index (χ1n) is 8.78. The lowest BCUT2D eigenvalue weighted by atomic mass is 9.86. The Kier molecular flexibility index (Phi) is 5.08. The zero-order valence-electron chi connectivity index (χ0n) is 15.0. The zero-order chi connectivity index (χ0) is 18.0. The third-order valence-electron chi connectivity index (χ3n) is 5.04. The van der Waals surface area contributed by atoms with Crippen LogP contribution in [0.15, 0.2) is 30.1 Å². The Bertz CT molecular complexity index is 708. The third-order valence-corrected chi connectivity index (χ3v) is 5.04. The summed E-state index contributed by atoms with van der Waals surface area (Å²) in [5.74, 6) is -0.917. The van der Waals surface area contributed by atoms with Gasteiger partial charge in [0.05, 0.1) is 31.9 Å². The largest absolute Gasteiger partial charge is 0.468 e. The van der Waals surface area contributed by atoms with Gasteiger partial charge in [-0.2, -0.15) is 0 Å². The van der Waals surface area contributed by atoms with Gasteiger partial charge in [0.1, 0.15) is 12.1 Å². The van der Waals surface area contributed by atoms with Crippen molar-refractivity contribution in [3.05, 3.63) is 46.8 Å². The number of amides is 2. The van der Waals surface area contributed by atoms with E-state index in [4.69, 9.17) is 4.74 Å². The molecule has 2 aliphatic rings. The highest BCUT2D eigenvalue weighted by Gasteiger charge is 2.41. The van der Waals surface area contributed by atoms with Crippen molar-refractivity contribution in [3.63, 3.8) is 0 Å². The number of urea groups is 1. The van der Waals surface area contributed by atoms with E-state index in [2.05, 4.69) is 10.6 Å². The molecule has 1 aromatic carbocycles. The monoisotopic (exact) mass is 344 g/mol. The van der Waals surface area contributed by atoms with Crippen molar-refractivity contribution in [2.45, 2.75) is 32.7 Å². The molecule has 0 aromatic heterocycles. The maximum atomic E-state index is 12.6. The molecule has 0 spiro atoms. The highest BCUT2D eigenvalue weighted by Crippen LogP contribution is 2.32. The second-order valence-electron chi connectivity index (χ2n) is 6.90. The summed E-state index contributed by atoms with van der Waals surface area (Å²) in [6.45, 7) is 6.04. The summed E-state index contributed by atoms with van der Waals surface area (Å²) in [6.07, 6.45) is 4.31. The maximum absolute atomic E-state index is 12.6. The Balaban J connectivity index is 2.03. The molecule has 2 atom stereocenters. The molecule has 2 heterocycles. The zero-order valence-corrected chi connectivity index (χ0v) is 15.0. The van der Waals surface area contributed by atoms with E-state index in [-0.39, 0.29) is 12.0 Å². The predicted molar refractivity (Wildman–Crippen MR) is 93.8 cm³/mol. The van der Waals surface area contributed by atoms with E-state index in [9.17, 15) is 9.59 Å². The number of likely N-dealkylation sites (tertiary alicyclic amines) is 1. The van der Waals surface area contributed by atoms with Crippen LogP contribution >= 0.6 is 0 Å². The van der Waals surface area contributed by atoms with E-state index in [1.807, 2.05) is 38.2 Å². The van der Waals surface area contributed by atoms with Gasteiger partial charge in [-0.05, 0) is 25.0 Å². The van der Waals surface area contributed by atoms with E-state index in [1.165, 1.54) is 12.0 Å². The molecular formula is C19H26N3O3+. The van der Waals surface area contributed by atoms with Crippen molar-refractivity contribution in [2.75, 3.05) is 20.2 Å². The molecule has 25 heavy (non-hydrogen) atoms. The second kappa shape index (κ2) is 7.27. The molecule has 134 valence electrons. The lowest BCUT2D eigenvalue weighted by Crippen LogP contribution is -3.05. The Morgan fingerprint density at radius 3 is 2.68 bits per heavy atom. The molecule has 3 N–H and O–H groups in total. The molecule has 0 saturated carbocycles. The van der Waals surface area contributed by atoms with Crippen molar-refractivity contribution in [2.24, 2.45) is 5.92 Å². The van der Waals surface area contributed by atoms with E-state index in [0.717, 1.165) is 42.6 Å². The van der Waals surface area contributed by atoms with Crippen LogP contribution in [0.4, 0.5) is 4.79 Å². The Morgan fingerprint density at radius 2 is 2.00 bits per heavy atom. The first-order chi connectivity index (χ1) is 12.0. The topological polar surface area (TPSA) is 71.9 Å². The number of hydrogen-bond donors (Lipinski definition) is 3. The van der Waals surface area contributed by atoms with Crippen molar-refractivity contribution < 1.29 is 19.2 Å². The molecule has 3 rings (SSSR count). The van der Waals surface area contributed by atoms with Gasteiger partial charge in [-0.1, -0.05) is 23.8 Å². The van der Waals surface area contributed by atoms with Crippen LogP contribution in [0.1, 0.15) is 35.6 Å². The number of nitrogens with one attached hydrogen (secondary N) is 3. The second-order valence-corrected chi connectivity index (χ2v) is 6.90. The van der Waals surface area contributed by atoms with Gasteiger partial charge in [0.25, 0.3) is 0 Å². The van der Waals surface area contributed by atoms with Crippen molar-refractivity contribution in [1.29, 1.82) is 0 Å². The molecule has 0 bridgehead atoms. The van der Waals surface area contributed by atoms with E-state index in [1.54, 1.807) is 0 Å². The SMILES string of the molecule is COC(=O)[C@H]1C(=C[NH+]2CCCC2)NC(=O)N[C@@H]1c1cc(C)ccc1C. The first-order valence-corrected chi connectivity index (χ1v) is 8.78. The third kappa shape index (κ3) is 3.69. The van der Waals surface area contributed by atoms with Gasteiger partial charge in [0, 0.05) is 12.8 Å². The molecule has 0 aliphatic carbocycles. The minimum Gasteiger partial charge on any atom is -0.468 e. The number of benzene rings is 1. The summed E-state index contributed by atoms with van der Waals surface area (Å²) in [7, 11) is 1.39. The summed E-state index contributed by atoms with van der Waals surface area (Å²) in [5, 5.41) is 5.75.